The van der Waals surface area contributed by atoms with E-state index in [2.05, 4.69) is 43.2 Å². The maximum Gasteiger partial charge on any atom is 0.304 e. The lowest BCUT2D eigenvalue weighted by atomic mass is 9.80. The van der Waals surface area contributed by atoms with Gasteiger partial charge in [0.05, 0.1) is 60.2 Å². The summed E-state index contributed by atoms with van der Waals surface area (Å²) in [5, 5.41) is 35.8. The summed E-state index contributed by atoms with van der Waals surface area (Å²) < 4.78 is 5.71. The molecule has 0 spiro atoms. The number of aryl methyl sites for hydroxylation is 3. The molecule has 6 aliphatic heterocycles. The van der Waals surface area contributed by atoms with Crippen molar-refractivity contribution in [3.63, 3.8) is 0 Å². The van der Waals surface area contributed by atoms with Crippen LogP contribution >= 0.6 is 69.6 Å². The first-order valence-corrected chi connectivity index (χ1v) is 39.3. The highest BCUT2D eigenvalue weighted by atomic mass is 35.5. The number of primary amides is 1. The number of piperidine rings is 3. The first kappa shape index (κ1) is 76.9. The average molecular weight is 1570 g/mol. The summed E-state index contributed by atoms with van der Waals surface area (Å²) in [5.74, 6) is 4.71. The Morgan fingerprint density at radius 3 is 1.06 bits per heavy atom. The van der Waals surface area contributed by atoms with Crippen LogP contribution in [0, 0.1) is 56.3 Å². The highest BCUT2D eigenvalue weighted by Crippen LogP contribution is 2.40. The number of carboxylic acid groups (broad SMARTS) is 2. The molecular formula is C76H93Cl6N19O5. The number of amides is 1. The van der Waals surface area contributed by atoms with E-state index in [1.165, 1.54) is 32.1 Å². The second-order valence-electron chi connectivity index (χ2n) is 29.8. The lowest BCUT2D eigenvalue weighted by molar-refractivity contribution is -0.138. The molecule has 564 valence electrons. The average Bonchev–Trinajstić information content (AvgIpc) is 1.73. The van der Waals surface area contributed by atoms with E-state index < -0.39 is 11.9 Å². The molecule has 1 amide bonds. The minimum Gasteiger partial charge on any atom is -0.481 e. The maximum absolute atomic E-state index is 11.2. The van der Waals surface area contributed by atoms with Crippen molar-refractivity contribution >= 4 is 138 Å². The Morgan fingerprint density at radius 1 is 0.443 bits per heavy atom. The Hall–Kier alpha value is -7.26. The quantitative estimate of drug-likeness (QED) is 0.0569. The Labute approximate surface area is 647 Å². The van der Waals surface area contributed by atoms with Crippen LogP contribution in [0.4, 0.5) is 17.5 Å². The number of nitrogens with two attached hydrogens (primary N) is 1. The van der Waals surface area contributed by atoms with E-state index >= 15 is 0 Å². The number of carboxylic acids is 2. The van der Waals surface area contributed by atoms with Crippen molar-refractivity contribution in [3.8, 4) is 0 Å². The SMILES string of the molecule is Cc1nn(C(C)c2ccc(Cl)cc2Cl)c2nc(N3CC(C4CCCN(CCC(=O)O)C4)C3)cnc12.Cc1nn(C(C)c2ccc(Cl)cc2Cl)c2nc(N3CC(C4CCCN(CCC(N)=O)C4)C3)cnc12.Cc1nn(C(C)c2ccc(Cl)cc2Cl)c2nc(N3CC(C4CCCN(CCCC(=O)O)C4)C3)cnc12. The zero-order chi connectivity index (χ0) is 74.8. The van der Waals surface area contributed by atoms with Gasteiger partial charge >= 0.3 is 11.9 Å². The molecule has 6 atom stereocenters. The van der Waals surface area contributed by atoms with Crippen molar-refractivity contribution in [2.75, 3.05) is 113 Å². The van der Waals surface area contributed by atoms with Gasteiger partial charge in [-0.2, -0.15) is 15.3 Å². The van der Waals surface area contributed by atoms with Gasteiger partial charge in [0.1, 0.15) is 34.0 Å². The van der Waals surface area contributed by atoms with Crippen molar-refractivity contribution < 1.29 is 24.6 Å². The smallest absolute Gasteiger partial charge is 0.304 e. The number of fused-ring (bicyclic) bond motifs is 3. The van der Waals surface area contributed by atoms with Crippen molar-refractivity contribution in [1.29, 1.82) is 0 Å². The van der Waals surface area contributed by atoms with Crippen LogP contribution in [0.5, 0.6) is 0 Å². The monoisotopic (exact) mass is 1560 g/mol. The first-order valence-electron chi connectivity index (χ1n) is 37.0. The first-order chi connectivity index (χ1) is 50.9. The number of benzene rings is 3. The highest BCUT2D eigenvalue weighted by molar-refractivity contribution is 6.36. The number of carbonyl (C=O) groups is 3. The summed E-state index contributed by atoms with van der Waals surface area (Å²) in [5.41, 5.74) is 15.3. The molecule has 6 unspecified atom stereocenters. The molecule has 0 aliphatic carbocycles. The van der Waals surface area contributed by atoms with Gasteiger partial charge in [0.2, 0.25) is 5.91 Å². The summed E-state index contributed by atoms with van der Waals surface area (Å²) >= 11 is 37.7. The van der Waals surface area contributed by atoms with E-state index in [4.69, 9.17) is 131 Å². The Morgan fingerprint density at radius 2 is 0.755 bits per heavy atom. The van der Waals surface area contributed by atoms with Gasteiger partial charge in [0, 0.05) is 115 Å². The third-order valence-corrected chi connectivity index (χ3v) is 24.2. The van der Waals surface area contributed by atoms with Crippen molar-refractivity contribution in [1.82, 2.24) is 73.9 Å². The van der Waals surface area contributed by atoms with E-state index in [-0.39, 0.29) is 36.9 Å². The normalized spacial score (nSPS) is 20.2. The minimum absolute atomic E-state index is 0.113. The second-order valence-corrected chi connectivity index (χ2v) is 32.3. The number of likely N-dealkylation sites (tertiary alicyclic amines) is 3. The van der Waals surface area contributed by atoms with Gasteiger partial charge in [-0.25, -0.2) is 43.9 Å². The Bertz CT molecular complexity index is 4460. The minimum atomic E-state index is -0.724. The Balaban J connectivity index is 0.000000141. The van der Waals surface area contributed by atoms with Crippen LogP contribution in [0.1, 0.15) is 137 Å². The van der Waals surface area contributed by atoms with Crippen molar-refractivity contribution in [2.45, 2.75) is 124 Å². The zero-order valence-corrected chi connectivity index (χ0v) is 65.4. The number of carbonyl (C=O) groups excluding carboxylic acids is 1. The van der Waals surface area contributed by atoms with E-state index in [9.17, 15) is 14.4 Å². The van der Waals surface area contributed by atoms with E-state index in [1.54, 1.807) is 18.2 Å². The van der Waals surface area contributed by atoms with E-state index in [0.717, 1.165) is 189 Å². The molecule has 6 aliphatic rings. The molecular weight excluding hydrogens is 1470 g/mol. The van der Waals surface area contributed by atoms with E-state index in [1.807, 2.05) is 96.7 Å². The number of rotatable bonds is 22. The summed E-state index contributed by atoms with van der Waals surface area (Å²) in [6.07, 6.45) is 14.4. The fraction of sp³-hybridized carbons (Fsp3) is 0.526. The Kier molecular flexibility index (Phi) is 24.5. The van der Waals surface area contributed by atoms with Gasteiger partial charge in [-0.15, -0.1) is 0 Å². The highest BCUT2D eigenvalue weighted by Gasteiger charge is 2.40. The number of hydrogen-bond acceptors (Lipinski definition) is 18. The topological polar surface area (TPSA) is 268 Å². The van der Waals surface area contributed by atoms with Crippen LogP contribution in [0.25, 0.3) is 33.5 Å². The van der Waals surface area contributed by atoms with Crippen molar-refractivity contribution in [3.05, 3.63) is 137 Å². The lowest BCUT2D eigenvalue weighted by Crippen LogP contribution is -2.54. The third kappa shape index (κ3) is 17.6. The second kappa shape index (κ2) is 33.7. The van der Waals surface area contributed by atoms with Gasteiger partial charge in [0.15, 0.2) is 16.9 Å². The molecule has 12 heterocycles. The van der Waals surface area contributed by atoms with Crippen LogP contribution in [0.2, 0.25) is 30.1 Å². The van der Waals surface area contributed by atoms with Gasteiger partial charge in [0.25, 0.3) is 0 Å². The number of anilines is 3. The maximum atomic E-state index is 11.2. The number of hydrogen-bond donors (Lipinski definition) is 3. The molecule has 0 radical (unpaired) electrons. The molecule has 9 aromatic rings. The summed E-state index contributed by atoms with van der Waals surface area (Å²) in [6, 6.07) is 16.2. The molecule has 0 bridgehead atoms. The number of nitrogens with zero attached hydrogens (tertiary/aromatic N) is 18. The summed E-state index contributed by atoms with van der Waals surface area (Å²) in [7, 11) is 0. The van der Waals surface area contributed by atoms with Crippen LogP contribution in [-0.4, -0.2) is 200 Å². The zero-order valence-electron chi connectivity index (χ0n) is 60.8. The molecule has 6 saturated heterocycles. The van der Waals surface area contributed by atoms with Gasteiger partial charge in [-0.3, -0.25) is 14.4 Å². The molecule has 3 aromatic carbocycles. The van der Waals surface area contributed by atoms with Crippen LogP contribution in [0.3, 0.4) is 0 Å². The third-order valence-electron chi connectivity index (χ3n) is 22.5. The predicted octanol–water partition coefficient (Wildman–Crippen LogP) is 13.8. The number of aromatic nitrogens is 12. The van der Waals surface area contributed by atoms with Crippen LogP contribution < -0.4 is 20.4 Å². The summed E-state index contributed by atoms with van der Waals surface area (Å²) in [6.45, 7) is 26.3. The molecule has 24 nitrogen and oxygen atoms in total. The number of halogens is 6. The van der Waals surface area contributed by atoms with Gasteiger partial charge < -0.3 is 45.3 Å². The largest absolute Gasteiger partial charge is 0.481 e. The molecule has 6 aromatic heterocycles. The van der Waals surface area contributed by atoms with Crippen LogP contribution in [0.15, 0.2) is 73.2 Å². The van der Waals surface area contributed by atoms with Crippen molar-refractivity contribution in [2.24, 2.45) is 41.2 Å². The number of aliphatic carboxylic acids is 2. The van der Waals surface area contributed by atoms with E-state index in [0.29, 0.717) is 78.6 Å². The molecule has 30 heteroatoms. The summed E-state index contributed by atoms with van der Waals surface area (Å²) in [4.78, 5) is 76.0. The molecule has 4 N–H and O–H groups in total. The fourth-order valence-corrected chi connectivity index (χ4v) is 18.0. The molecule has 0 saturated carbocycles. The van der Waals surface area contributed by atoms with Gasteiger partial charge in [-0.1, -0.05) is 87.8 Å². The fourth-order valence-electron chi connectivity index (χ4n) is 16.3. The molecule has 6 fully saturated rings. The standard InChI is InChI=1S/C26H32Cl2N6O2.C25H31Cl2N7O.C25H30Cl2N6O2/c1-16-25-26(34(31-16)17(2)21-8-7-20(27)11-22(21)28)30-23(12-29-25)33-14-19(15-33)18-5-3-9-32(13-18)10-4-6-24(35)36;1-15-24-25(34(31-15)16(2)20-6-5-19(26)10-21(20)27)30-23(11-29-24)33-13-18(14-33)17-4-3-8-32(12-17)9-7-22(28)35;1-15-24-25(33(30-15)16(2)20-6-5-19(26)10-21(20)27)29-22(11-28-24)32-13-18(14-32)17-4-3-8-31(12-17)9-7-23(34)35/h7-8,11-12,17-19H,3-6,9-10,13-15H2,1-2H3,(H,35,36);5-6,10-11,16-18H,3-4,7-9,12-14H2,1-2H3,(H2,28,35);5-6,10-11,16-18H,3-4,7-9,12-14H2,1-2H3,(H,34,35). The predicted molar refractivity (Wildman–Crippen MR) is 419 cm³/mol. The van der Waals surface area contributed by atoms with Crippen LogP contribution in [-0.2, 0) is 14.4 Å². The lowest BCUT2D eigenvalue weighted by Gasteiger charge is -2.47. The molecule has 15 rings (SSSR count). The molecule has 106 heavy (non-hydrogen) atoms. The van der Waals surface area contributed by atoms with Gasteiger partial charge in [-0.05, 0) is 201 Å².